The Kier molecular flexibility index (Phi) is 5.29. The Labute approximate surface area is 159 Å². The van der Waals surface area contributed by atoms with E-state index in [0.717, 1.165) is 11.3 Å². The number of ketones is 1. The first kappa shape index (κ1) is 19.1. The minimum atomic E-state index is -4.76. The molecule has 2 heterocycles. The van der Waals surface area contributed by atoms with Crippen LogP contribution in [-0.2, 0) is 17.5 Å². The Morgan fingerprint density at radius 3 is 2.59 bits per heavy atom. The Balaban J connectivity index is 1.68. The van der Waals surface area contributed by atoms with E-state index in [2.05, 4.69) is 20.0 Å². The highest BCUT2D eigenvalue weighted by Crippen LogP contribution is 2.31. The van der Waals surface area contributed by atoms with E-state index in [-0.39, 0.29) is 22.1 Å². The van der Waals surface area contributed by atoms with Gasteiger partial charge in [-0.25, -0.2) is 0 Å². The number of carbonyl (C=O) groups is 2. The smallest absolute Gasteiger partial charge is 0.345 e. The standard InChI is InChI=1S/C16H9ClF3N3O3S/c17-9-4-2-1-3-8(9)7-21-14(25)12(24)10-5-6-11(27-10)13-22-15(26-23-13)16(18,19)20/h1-6H,7H2,(H,21,25). The zero-order valence-electron chi connectivity index (χ0n) is 13.2. The van der Waals surface area contributed by atoms with Gasteiger partial charge < -0.3 is 9.84 Å². The first-order chi connectivity index (χ1) is 12.8. The van der Waals surface area contributed by atoms with Crippen molar-refractivity contribution in [1.29, 1.82) is 0 Å². The van der Waals surface area contributed by atoms with E-state index >= 15 is 0 Å². The fraction of sp³-hybridized carbons (Fsp3) is 0.125. The molecule has 0 spiro atoms. The highest BCUT2D eigenvalue weighted by Gasteiger charge is 2.38. The number of aromatic nitrogens is 2. The number of nitrogens with one attached hydrogen (secondary N) is 1. The van der Waals surface area contributed by atoms with Crippen molar-refractivity contribution in [2.45, 2.75) is 12.7 Å². The van der Waals surface area contributed by atoms with Crippen LogP contribution in [0.4, 0.5) is 13.2 Å². The van der Waals surface area contributed by atoms with Crippen molar-refractivity contribution in [2.24, 2.45) is 0 Å². The lowest BCUT2D eigenvalue weighted by atomic mass is 10.2. The van der Waals surface area contributed by atoms with Crippen molar-refractivity contribution in [2.75, 3.05) is 0 Å². The number of Topliss-reactive ketones (excluding diaryl/α,β-unsaturated/α-hetero) is 1. The molecule has 0 aliphatic heterocycles. The van der Waals surface area contributed by atoms with Gasteiger partial charge >= 0.3 is 12.1 Å². The summed E-state index contributed by atoms with van der Waals surface area (Å²) in [4.78, 5) is 27.6. The van der Waals surface area contributed by atoms with Crippen LogP contribution in [0.3, 0.4) is 0 Å². The number of alkyl halides is 3. The second kappa shape index (κ2) is 7.49. The summed E-state index contributed by atoms with van der Waals surface area (Å²) in [6.45, 7) is 0.0578. The molecule has 27 heavy (non-hydrogen) atoms. The second-order valence-corrected chi connectivity index (χ2v) is 6.68. The normalized spacial score (nSPS) is 11.4. The average molecular weight is 416 g/mol. The summed E-state index contributed by atoms with van der Waals surface area (Å²) in [5.41, 5.74) is 0.638. The summed E-state index contributed by atoms with van der Waals surface area (Å²) >= 11 is 6.75. The maximum Gasteiger partial charge on any atom is 0.471 e. The molecule has 1 N–H and O–H groups in total. The van der Waals surface area contributed by atoms with Gasteiger partial charge in [-0.1, -0.05) is 35.0 Å². The SMILES string of the molecule is O=C(NCc1ccccc1Cl)C(=O)c1ccc(-c2noc(C(F)(F)F)n2)s1. The van der Waals surface area contributed by atoms with Crippen molar-refractivity contribution < 1.29 is 27.3 Å². The Bertz CT molecular complexity index is 1000. The van der Waals surface area contributed by atoms with E-state index in [0.29, 0.717) is 10.6 Å². The van der Waals surface area contributed by atoms with E-state index < -0.39 is 23.8 Å². The molecule has 0 bridgehead atoms. The van der Waals surface area contributed by atoms with Crippen LogP contribution in [0.25, 0.3) is 10.7 Å². The topological polar surface area (TPSA) is 85.1 Å². The van der Waals surface area contributed by atoms with Crippen LogP contribution in [0.5, 0.6) is 0 Å². The molecule has 2 aromatic heterocycles. The minimum Gasteiger partial charge on any atom is -0.345 e. The molecule has 6 nitrogen and oxygen atoms in total. The van der Waals surface area contributed by atoms with Crippen LogP contribution in [0.15, 0.2) is 40.9 Å². The molecule has 140 valence electrons. The van der Waals surface area contributed by atoms with E-state index in [4.69, 9.17) is 11.6 Å². The van der Waals surface area contributed by atoms with Gasteiger partial charge in [0.1, 0.15) is 0 Å². The number of carbonyl (C=O) groups excluding carboxylic acids is 2. The van der Waals surface area contributed by atoms with Gasteiger partial charge in [0.2, 0.25) is 5.82 Å². The van der Waals surface area contributed by atoms with Crippen LogP contribution in [-0.4, -0.2) is 21.8 Å². The minimum absolute atomic E-state index is 0.0278. The van der Waals surface area contributed by atoms with Gasteiger partial charge in [-0.05, 0) is 23.8 Å². The van der Waals surface area contributed by atoms with Crippen molar-refractivity contribution in [1.82, 2.24) is 15.5 Å². The summed E-state index contributed by atoms with van der Waals surface area (Å²) in [5, 5.41) is 6.13. The third-order valence-corrected chi connectivity index (χ3v) is 4.77. The molecular weight excluding hydrogens is 407 g/mol. The van der Waals surface area contributed by atoms with Crippen LogP contribution >= 0.6 is 22.9 Å². The van der Waals surface area contributed by atoms with Crippen molar-refractivity contribution in [3.63, 3.8) is 0 Å². The zero-order valence-corrected chi connectivity index (χ0v) is 14.8. The van der Waals surface area contributed by atoms with Gasteiger partial charge in [-0.15, -0.1) is 11.3 Å². The number of nitrogens with zero attached hydrogens (tertiary/aromatic N) is 2. The highest BCUT2D eigenvalue weighted by molar-refractivity contribution is 7.18. The van der Waals surface area contributed by atoms with E-state index in [9.17, 15) is 22.8 Å². The Morgan fingerprint density at radius 2 is 1.93 bits per heavy atom. The van der Waals surface area contributed by atoms with Gasteiger partial charge in [-0.2, -0.15) is 18.2 Å². The number of rotatable bonds is 5. The fourth-order valence-electron chi connectivity index (χ4n) is 2.03. The maximum atomic E-state index is 12.5. The molecule has 0 saturated carbocycles. The lowest BCUT2D eigenvalue weighted by Crippen LogP contribution is -2.30. The summed E-state index contributed by atoms with van der Waals surface area (Å²) in [7, 11) is 0. The molecule has 0 aliphatic carbocycles. The quantitative estimate of drug-likeness (QED) is 0.503. The summed E-state index contributed by atoms with van der Waals surface area (Å²) in [5.74, 6) is -3.51. The van der Waals surface area contributed by atoms with Crippen molar-refractivity contribution in [3.05, 3.63) is 57.8 Å². The molecule has 0 radical (unpaired) electrons. The van der Waals surface area contributed by atoms with E-state index in [1.54, 1.807) is 24.3 Å². The summed E-state index contributed by atoms with van der Waals surface area (Å²) in [6, 6.07) is 9.46. The summed E-state index contributed by atoms with van der Waals surface area (Å²) in [6.07, 6.45) is -4.76. The zero-order chi connectivity index (χ0) is 19.6. The molecule has 1 amide bonds. The molecule has 0 unspecified atom stereocenters. The summed E-state index contributed by atoms with van der Waals surface area (Å²) < 4.78 is 41.6. The molecule has 3 rings (SSSR count). The molecule has 0 saturated heterocycles. The van der Waals surface area contributed by atoms with Crippen LogP contribution < -0.4 is 5.32 Å². The van der Waals surface area contributed by atoms with E-state index in [1.807, 2.05) is 0 Å². The predicted octanol–water partition coefficient (Wildman–Crippen LogP) is 3.97. The molecule has 0 aliphatic rings. The number of hydrogen-bond donors (Lipinski definition) is 1. The van der Waals surface area contributed by atoms with Gasteiger partial charge in [0.05, 0.1) is 9.75 Å². The first-order valence-corrected chi connectivity index (χ1v) is 8.52. The largest absolute Gasteiger partial charge is 0.471 e. The van der Waals surface area contributed by atoms with Crippen molar-refractivity contribution >= 4 is 34.6 Å². The van der Waals surface area contributed by atoms with Crippen LogP contribution in [0.1, 0.15) is 21.1 Å². The fourth-order valence-corrected chi connectivity index (χ4v) is 3.10. The maximum absolute atomic E-state index is 12.5. The van der Waals surface area contributed by atoms with E-state index in [1.165, 1.54) is 12.1 Å². The van der Waals surface area contributed by atoms with Crippen LogP contribution in [0, 0.1) is 0 Å². The number of thiophene rings is 1. The average Bonchev–Trinajstić information content (AvgIpc) is 3.28. The van der Waals surface area contributed by atoms with Gasteiger partial charge in [0.25, 0.3) is 11.7 Å². The van der Waals surface area contributed by atoms with Gasteiger partial charge in [0.15, 0.2) is 0 Å². The monoisotopic (exact) mass is 415 g/mol. The lowest BCUT2D eigenvalue weighted by Gasteiger charge is -2.05. The number of hydrogen-bond acceptors (Lipinski definition) is 6. The molecule has 0 fully saturated rings. The Hall–Kier alpha value is -2.72. The number of amides is 1. The molecule has 1 aromatic carbocycles. The first-order valence-electron chi connectivity index (χ1n) is 7.33. The molecule has 0 atom stereocenters. The number of benzene rings is 1. The highest BCUT2D eigenvalue weighted by atomic mass is 35.5. The third-order valence-electron chi connectivity index (χ3n) is 3.32. The second-order valence-electron chi connectivity index (χ2n) is 5.19. The van der Waals surface area contributed by atoms with Crippen LogP contribution in [0.2, 0.25) is 5.02 Å². The third kappa shape index (κ3) is 4.34. The predicted molar refractivity (Wildman–Crippen MR) is 90.2 cm³/mol. The van der Waals surface area contributed by atoms with Gasteiger partial charge in [-0.3, -0.25) is 9.59 Å². The molecular formula is C16H9ClF3N3O3S. The molecule has 11 heteroatoms. The Morgan fingerprint density at radius 1 is 1.19 bits per heavy atom. The molecule has 3 aromatic rings. The lowest BCUT2D eigenvalue weighted by molar-refractivity contribution is -0.159. The van der Waals surface area contributed by atoms with Crippen molar-refractivity contribution in [3.8, 4) is 10.7 Å². The number of halogens is 4. The van der Waals surface area contributed by atoms with Gasteiger partial charge in [0, 0.05) is 11.6 Å².